The summed E-state index contributed by atoms with van der Waals surface area (Å²) in [6, 6.07) is 5.42. The summed E-state index contributed by atoms with van der Waals surface area (Å²) in [6.07, 6.45) is 3.28. The maximum absolute atomic E-state index is 11.8. The average Bonchev–Trinajstić information content (AvgIpc) is 2.63. The summed E-state index contributed by atoms with van der Waals surface area (Å²) in [6.45, 7) is 3.57. The number of hydrogen-bond donors (Lipinski definition) is 2. The monoisotopic (exact) mass is 246 g/mol. The van der Waals surface area contributed by atoms with Crippen LogP contribution in [0.5, 0.6) is 0 Å². The normalized spacial score (nSPS) is 17.2. The predicted octanol–water partition coefficient (Wildman–Crippen LogP) is 2.16. The molecular weight excluding hydrogens is 228 g/mol. The first-order chi connectivity index (χ1) is 8.61. The van der Waals surface area contributed by atoms with E-state index in [-0.39, 0.29) is 11.8 Å². The smallest absolute Gasteiger partial charge is 0.251 e. The second-order valence-electron chi connectivity index (χ2n) is 4.65. The van der Waals surface area contributed by atoms with Crippen molar-refractivity contribution in [1.82, 2.24) is 5.32 Å². The van der Waals surface area contributed by atoms with E-state index in [0.29, 0.717) is 0 Å². The molecule has 4 nitrogen and oxygen atoms in total. The van der Waals surface area contributed by atoms with Gasteiger partial charge in [-0.15, -0.1) is 0 Å². The van der Waals surface area contributed by atoms with Crippen LogP contribution in [-0.2, 0) is 16.0 Å². The zero-order valence-corrected chi connectivity index (χ0v) is 10.7. The molecule has 0 aliphatic carbocycles. The van der Waals surface area contributed by atoms with Gasteiger partial charge in [0.05, 0.1) is 0 Å². The molecule has 1 aliphatic rings. The summed E-state index contributed by atoms with van der Waals surface area (Å²) in [5.41, 5.74) is 2.89. The average molecular weight is 246 g/mol. The summed E-state index contributed by atoms with van der Waals surface area (Å²) < 4.78 is 0. The number of benzene rings is 1. The highest BCUT2D eigenvalue weighted by Gasteiger charge is 2.31. The molecule has 0 saturated carbocycles. The molecule has 0 unspecified atom stereocenters. The van der Waals surface area contributed by atoms with Gasteiger partial charge in [-0.1, -0.05) is 25.5 Å². The Hall–Kier alpha value is -1.84. The first kappa shape index (κ1) is 12.6. The minimum Gasteiger partial charge on any atom is -0.341 e. The highest BCUT2D eigenvalue weighted by molar-refractivity contribution is 6.04. The Labute approximate surface area is 107 Å². The van der Waals surface area contributed by atoms with Gasteiger partial charge >= 0.3 is 0 Å². The quantitative estimate of drug-likeness (QED) is 0.855. The Morgan fingerprint density at radius 1 is 1.44 bits per heavy atom. The zero-order chi connectivity index (χ0) is 13.1. The topological polar surface area (TPSA) is 58.2 Å². The van der Waals surface area contributed by atoms with Crippen molar-refractivity contribution >= 4 is 17.5 Å². The third-order valence-electron chi connectivity index (χ3n) is 3.11. The van der Waals surface area contributed by atoms with E-state index in [9.17, 15) is 9.59 Å². The molecule has 2 rings (SSSR count). The van der Waals surface area contributed by atoms with E-state index < -0.39 is 6.04 Å². The Bertz CT molecular complexity index is 483. The van der Waals surface area contributed by atoms with Crippen molar-refractivity contribution in [3.8, 4) is 0 Å². The zero-order valence-electron chi connectivity index (χ0n) is 10.7. The molecule has 0 saturated heterocycles. The van der Waals surface area contributed by atoms with Crippen molar-refractivity contribution in [3.05, 3.63) is 29.3 Å². The van der Waals surface area contributed by atoms with Crippen LogP contribution in [0.25, 0.3) is 0 Å². The number of unbranched alkanes of at least 4 members (excludes halogenated alkanes) is 1. The van der Waals surface area contributed by atoms with Crippen molar-refractivity contribution in [2.45, 2.75) is 39.2 Å². The Balaban J connectivity index is 2.24. The number of carbonyl (C=O) groups is 2. The second kappa shape index (κ2) is 5.21. The maximum atomic E-state index is 11.8. The van der Waals surface area contributed by atoms with Gasteiger partial charge in [0.1, 0.15) is 6.04 Å². The van der Waals surface area contributed by atoms with Crippen LogP contribution >= 0.6 is 0 Å². The van der Waals surface area contributed by atoms with Gasteiger partial charge in [0, 0.05) is 18.2 Å². The fraction of sp³-hybridized carbons (Fsp3) is 0.429. The minimum absolute atomic E-state index is 0.159. The largest absolute Gasteiger partial charge is 0.341 e. The van der Waals surface area contributed by atoms with Crippen molar-refractivity contribution in [1.29, 1.82) is 0 Å². The molecule has 0 aromatic heterocycles. The van der Waals surface area contributed by atoms with Gasteiger partial charge in [-0.05, 0) is 24.5 Å². The van der Waals surface area contributed by atoms with Crippen LogP contribution in [0.3, 0.4) is 0 Å². The maximum Gasteiger partial charge on any atom is 0.251 e. The summed E-state index contributed by atoms with van der Waals surface area (Å²) >= 11 is 0. The minimum atomic E-state index is -0.543. The summed E-state index contributed by atoms with van der Waals surface area (Å²) in [5, 5.41) is 5.46. The van der Waals surface area contributed by atoms with Crippen molar-refractivity contribution in [2.75, 3.05) is 5.32 Å². The first-order valence-corrected chi connectivity index (χ1v) is 6.32. The van der Waals surface area contributed by atoms with Crippen LogP contribution in [0.1, 0.15) is 43.9 Å². The molecule has 18 heavy (non-hydrogen) atoms. The lowest BCUT2D eigenvalue weighted by Gasteiger charge is -2.10. The van der Waals surface area contributed by atoms with E-state index in [0.717, 1.165) is 30.5 Å². The molecule has 1 aliphatic heterocycles. The third-order valence-corrected chi connectivity index (χ3v) is 3.11. The van der Waals surface area contributed by atoms with Gasteiger partial charge in [-0.25, -0.2) is 0 Å². The van der Waals surface area contributed by atoms with Gasteiger partial charge in [0.25, 0.3) is 5.91 Å². The van der Waals surface area contributed by atoms with Crippen LogP contribution in [0, 0.1) is 0 Å². The highest BCUT2D eigenvalue weighted by Crippen LogP contribution is 2.31. The summed E-state index contributed by atoms with van der Waals surface area (Å²) in [4.78, 5) is 22.9. The second-order valence-corrected chi connectivity index (χ2v) is 4.65. The van der Waals surface area contributed by atoms with E-state index >= 15 is 0 Å². The van der Waals surface area contributed by atoms with Crippen LogP contribution in [0.15, 0.2) is 18.2 Å². The van der Waals surface area contributed by atoms with Gasteiger partial charge in [0.2, 0.25) is 5.91 Å². The number of hydrogen-bond acceptors (Lipinski definition) is 2. The van der Waals surface area contributed by atoms with Crippen LogP contribution in [0.4, 0.5) is 5.69 Å². The SMILES string of the molecule is CCCCc1ccc2c(c1)[C@H](NC(C)=O)C(=O)N2. The molecule has 1 aromatic carbocycles. The van der Waals surface area contributed by atoms with E-state index in [1.165, 1.54) is 12.5 Å². The van der Waals surface area contributed by atoms with E-state index in [1.54, 1.807) is 0 Å². The van der Waals surface area contributed by atoms with Crippen LogP contribution < -0.4 is 10.6 Å². The molecule has 0 spiro atoms. The van der Waals surface area contributed by atoms with E-state index in [1.807, 2.05) is 18.2 Å². The van der Waals surface area contributed by atoms with E-state index in [2.05, 4.69) is 17.6 Å². The molecule has 96 valence electrons. The fourth-order valence-corrected chi connectivity index (χ4v) is 2.19. The van der Waals surface area contributed by atoms with Gasteiger partial charge in [-0.2, -0.15) is 0 Å². The molecule has 2 N–H and O–H groups in total. The number of fused-ring (bicyclic) bond motifs is 1. The summed E-state index contributed by atoms with van der Waals surface area (Å²) in [5.74, 6) is -0.352. The van der Waals surface area contributed by atoms with Gasteiger partial charge in [0.15, 0.2) is 0 Å². The number of nitrogens with one attached hydrogen (secondary N) is 2. The molecule has 0 radical (unpaired) electrons. The third kappa shape index (κ3) is 2.53. The molecule has 2 amide bonds. The van der Waals surface area contributed by atoms with Crippen molar-refractivity contribution in [3.63, 3.8) is 0 Å². The molecule has 1 atom stereocenters. The van der Waals surface area contributed by atoms with Crippen molar-refractivity contribution in [2.24, 2.45) is 0 Å². The number of amides is 2. The molecular formula is C14H18N2O2. The number of rotatable bonds is 4. The molecule has 4 heteroatoms. The van der Waals surface area contributed by atoms with Gasteiger partial charge in [-0.3, -0.25) is 9.59 Å². The Morgan fingerprint density at radius 2 is 2.22 bits per heavy atom. The number of aryl methyl sites for hydroxylation is 1. The fourth-order valence-electron chi connectivity index (χ4n) is 2.19. The Kier molecular flexibility index (Phi) is 3.65. The molecule has 1 aromatic rings. The standard InChI is InChI=1S/C14H18N2O2/c1-3-4-5-10-6-7-12-11(8-10)13(14(18)16-12)15-9(2)17/h6-8,13H,3-5H2,1-2H3,(H,15,17)(H,16,18)/t13-/m0/s1. The highest BCUT2D eigenvalue weighted by atomic mass is 16.2. The molecule has 1 heterocycles. The molecule has 0 bridgehead atoms. The summed E-state index contributed by atoms with van der Waals surface area (Å²) in [7, 11) is 0. The molecule has 0 fully saturated rings. The van der Waals surface area contributed by atoms with Crippen molar-refractivity contribution < 1.29 is 9.59 Å². The predicted molar refractivity (Wildman–Crippen MR) is 70.2 cm³/mol. The number of carbonyl (C=O) groups excluding carboxylic acids is 2. The van der Waals surface area contributed by atoms with Gasteiger partial charge < -0.3 is 10.6 Å². The van der Waals surface area contributed by atoms with Crippen LogP contribution in [-0.4, -0.2) is 11.8 Å². The van der Waals surface area contributed by atoms with E-state index in [4.69, 9.17) is 0 Å². The number of anilines is 1. The van der Waals surface area contributed by atoms with Crippen LogP contribution in [0.2, 0.25) is 0 Å². The lowest BCUT2D eigenvalue weighted by atomic mass is 10.0. The first-order valence-electron chi connectivity index (χ1n) is 6.32. The lowest BCUT2D eigenvalue weighted by Crippen LogP contribution is -2.31. The lowest BCUT2D eigenvalue weighted by molar-refractivity contribution is -0.124. The Morgan fingerprint density at radius 3 is 2.89 bits per heavy atom.